The van der Waals surface area contributed by atoms with Crippen LogP contribution in [0.3, 0.4) is 0 Å². The third kappa shape index (κ3) is 5.22. The molecular weight excluding hydrogens is 556 g/mol. The quantitative estimate of drug-likeness (QED) is 0.117. The molecule has 4 heteroatoms. The van der Waals surface area contributed by atoms with Gasteiger partial charge in [0.15, 0.2) is 0 Å². The lowest BCUT2D eigenvalue weighted by Gasteiger charge is -2.42. The van der Waals surface area contributed by atoms with Gasteiger partial charge in [0.1, 0.15) is 23.3 Å². The third-order valence-corrected chi connectivity index (χ3v) is 8.72. The SMILES string of the molecule is Fc1ccc(C(CCC(c2ccccc2)(c2ccccc2)c2ccc(F)cc2F)(c2ccccc2)c2ccccc2)c(F)c1. The topological polar surface area (TPSA) is 0 Å². The van der Waals surface area contributed by atoms with Gasteiger partial charge in [-0.2, -0.15) is 0 Å². The monoisotopic (exact) mass is 586 g/mol. The molecule has 0 N–H and O–H groups in total. The first kappa shape index (κ1) is 29.1. The van der Waals surface area contributed by atoms with Crippen LogP contribution in [0.2, 0.25) is 0 Å². The predicted molar refractivity (Wildman–Crippen MR) is 167 cm³/mol. The number of halogens is 4. The maximum atomic E-state index is 16.1. The normalized spacial score (nSPS) is 11.8. The summed E-state index contributed by atoms with van der Waals surface area (Å²) in [5.41, 5.74) is 1.68. The minimum atomic E-state index is -1.09. The van der Waals surface area contributed by atoms with Crippen LogP contribution in [0.15, 0.2) is 158 Å². The molecule has 0 saturated carbocycles. The fourth-order valence-corrected chi connectivity index (χ4v) is 6.74. The number of benzene rings is 6. The third-order valence-electron chi connectivity index (χ3n) is 8.72. The Morgan fingerprint density at radius 2 is 0.614 bits per heavy atom. The van der Waals surface area contributed by atoms with E-state index in [1.807, 2.05) is 121 Å². The molecule has 6 aromatic rings. The first-order chi connectivity index (χ1) is 21.4. The van der Waals surface area contributed by atoms with Gasteiger partial charge in [-0.1, -0.05) is 133 Å². The highest BCUT2D eigenvalue weighted by Gasteiger charge is 2.44. The molecule has 0 unspecified atom stereocenters. The molecule has 0 fully saturated rings. The van der Waals surface area contributed by atoms with Crippen molar-refractivity contribution in [1.29, 1.82) is 0 Å². The Morgan fingerprint density at radius 3 is 0.864 bits per heavy atom. The van der Waals surface area contributed by atoms with Crippen molar-refractivity contribution in [3.05, 3.63) is 214 Å². The van der Waals surface area contributed by atoms with E-state index in [1.165, 1.54) is 24.3 Å². The zero-order chi connectivity index (χ0) is 30.6. The molecule has 0 bridgehead atoms. The van der Waals surface area contributed by atoms with Crippen LogP contribution in [-0.4, -0.2) is 0 Å². The zero-order valence-corrected chi connectivity index (χ0v) is 23.9. The van der Waals surface area contributed by atoms with Gasteiger partial charge in [0, 0.05) is 34.1 Å². The molecule has 0 aromatic heterocycles. The summed E-state index contributed by atoms with van der Waals surface area (Å²) in [4.78, 5) is 0. The molecular formula is C40H30F4. The summed E-state index contributed by atoms with van der Waals surface area (Å²) in [6.45, 7) is 0. The van der Waals surface area contributed by atoms with Gasteiger partial charge < -0.3 is 0 Å². The summed E-state index contributed by atoms with van der Waals surface area (Å²) in [5.74, 6) is -2.68. The van der Waals surface area contributed by atoms with Crippen molar-refractivity contribution in [1.82, 2.24) is 0 Å². The minimum absolute atomic E-state index is 0.296. The molecule has 0 saturated heterocycles. The molecule has 0 aliphatic rings. The highest BCUT2D eigenvalue weighted by atomic mass is 19.1. The molecule has 0 radical (unpaired) electrons. The van der Waals surface area contributed by atoms with Crippen LogP contribution in [0.5, 0.6) is 0 Å². The smallest absolute Gasteiger partial charge is 0.130 e. The highest BCUT2D eigenvalue weighted by molar-refractivity contribution is 5.54. The van der Waals surface area contributed by atoms with E-state index in [-0.39, 0.29) is 0 Å². The second kappa shape index (κ2) is 12.3. The second-order valence-electron chi connectivity index (χ2n) is 11.0. The standard InChI is InChI=1S/C40H30F4/c41-33-21-23-35(37(43)27-33)39(29-13-5-1-6-14-29,30-15-7-2-8-16-30)25-26-40(31-17-9-3-10-18-31,32-19-11-4-12-20-32)36-24-22-34(42)28-38(36)44/h1-24,27-28H,25-26H2. The molecule has 0 spiro atoms. The first-order valence-electron chi connectivity index (χ1n) is 14.6. The van der Waals surface area contributed by atoms with Gasteiger partial charge in [0.2, 0.25) is 0 Å². The van der Waals surface area contributed by atoms with Crippen molar-refractivity contribution in [2.24, 2.45) is 0 Å². The molecule has 44 heavy (non-hydrogen) atoms. The Labute approximate surface area is 255 Å². The van der Waals surface area contributed by atoms with Gasteiger partial charge in [0.05, 0.1) is 0 Å². The average Bonchev–Trinajstić information content (AvgIpc) is 3.06. The lowest BCUT2D eigenvalue weighted by atomic mass is 9.60. The minimum Gasteiger partial charge on any atom is -0.207 e. The van der Waals surface area contributed by atoms with Crippen LogP contribution in [-0.2, 0) is 10.8 Å². The van der Waals surface area contributed by atoms with E-state index in [0.717, 1.165) is 34.4 Å². The van der Waals surface area contributed by atoms with Crippen LogP contribution in [0.4, 0.5) is 17.6 Å². The van der Waals surface area contributed by atoms with E-state index >= 15 is 8.78 Å². The molecule has 6 aromatic carbocycles. The van der Waals surface area contributed by atoms with E-state index in [0.29, 0.717) is 24.0 Å². The molecule has 0 aliphatic heterocycles. The van der Waals surface area contributed by atoms with Gasteiger partial charge in [-0.15, -0.1) is 0 Å². The molecule has 0 heterocycles. The summed E-state index contributed by atoms with van der Waals surface area (Å²) in [6.07, 6.45) is 0.592. The van der Waals surface area contributed by atoms with Crippen molar-refractivity contribution in [2.45, 2.75) is 23.7 Å². The van der Waals surface area contributed by atoms with Crippen LogP contribution >= 0.6 is 0 Å². The first-order valence-corrected chi connectivity index (χ1v) is 14.6. The number of hydrogen-bond acceptors (Lipinski definition) is 0. The Hall–Kier alpha value is -4.96. The van der Waals surface area contributed by atoms with Crippen LogP contribution in [0, 0.1) is 23.3 Å². The van der Waals surface area contributed by atoms with Crippen LogP contribution < -0.4 is 0 Å². The van der Waals surface area contributed by atoms with Gasteiger partial charge >= 0.3 is 0 Å². The number of hydrogen-bond donors (Lipinski definition) is 0. The van der Waals surface area contributed by atoms with E-state index in [2.05, 4.69) is 0 Å². The zero-order valence-electron chi connectivity index (χ0n) is 23.9. The Bertz CT molecular complexity index is 1620. The van der Waals surface area contributed by atoms with Gasteiger partial charge in [-0.3, -0.25) is 0 Å². The second-order valence-corrected chi connectivity index (χ2v) is 11.0. The summed E-state index contributed by atoms with van der Waals surface area (Å²) < 4.78 is 60.8. The molecule has 0 nitrogen and oxygen atoms in total. The number of rotatable bonds is 9. The summed E-state index contributed by atoms with van der Waals surface area (Å²) in [5, 5.41) is 0. The highest BCUT2D eigenvalue weighted by Crippen LogP contribution is 2.51. The lowest BCUT2D eigenvalue weighted by Crippen LogP contribution is -2.37. The molecule has 0 aliphatic carbocycles. The summed E-state index contributed by atoms with van der Waals surface area (Å²) in [7, 11) is 0. The lowest BCUT2D eigenvalue weighted by molar-refractivity contribution is 0.423. The van der Waals surface area contributed by atoms with E-state index in [4.69, 9.17) is 0 Å². The molecule has 0 atom stereocenters. The summed E-state index contributed by atoms with van der Waals surface area (Å²) in [6, 6.07) is 45.7. The fourth-order valence-electron chi connectivity index (χ4n) is 6.74. The summed E-state index contributed by atoms with van der Waals surface area (Å²) >= 11 is 0. The predicted octanol–water partition coefficient (Wildman–Crippen LogP) is 10.4. The van der Waals surface area contributed by atoms with Crippen molar-refractivity contribution in [3.8, 4) is 0 Å². The maximum absolute atomic E-state index is 16.1. The van der Waals surface area contributed by atoms with Crippen LogP contribution in [0.1, 0.15) is 46.2 Å². The molecule has 0 amide bonds. The maximum Gasteiger partial charge on any atom is 0.130 e. The molecule has 218 valence electrons. The van der Waals surface area contributed by atoms with Gasteiger partial charge in [0.25, 0.3) is 0 Å². The van der Waals surface area contributed by atoms with Crippen LogP contribution in [0.25, 0.3) is 0 Å². The van der Waals surface area contributed by atoms with Crippen molar-refractivity contribution < 1.29 is 17.6 Å². The Morgan fingerprint density at radius 1 is 0.341 bits per heavy atom. The fraction of sp³-hybridized carbons (Fsp3) is 0.100. The van der Waals surface area contributed by atoms with E-state index in [9.17, 15) is 8.78 Å². The molecule has 6 rings (SSSR count). The van der Waals surface area contributed by atoms with Gasteiger partial charge in [-0.25, -0.2) is 17.6 Å². The average molecular weight is 587 g/mol. The van der Waals surface area contributed by atoms with E-state index < -0.39 is 34.1 Å². The van der Waals surface area contributed by atoms with E-state index in [1.54, 1.807) is 0 Å². The Kier molecular flexibility index (Phi) is 8.17. The largest absolute Gasteiger partial charge is 0.207 e. The van der Waals surface area contributed by atoms with Gasteiger partial charge in [-0.05, 0) is 47.2 Å². The Balaban J connectivity index is 1.67. The van der Waals surface area contributed by atoms with Crippen molar-refractivity contribution in [3.63, 3.8) is 0 Å². The van der Waals surface area contributed by atoms with Crippen molar-refractivity contribution >= 4 is 0 Å². The van der Waals surface area contributed by atoms with Crippen molar-refractivity contribution in [2.75, 3.05) is 0 Å².